The number of pyridine rings is 1. The zero-order valence-corrected chi connectivity index (χ0v) is 15.6. The number of aromatic nitrogens is 1. The third kappa shape index (κ3) is 5.64. The van der Waals surface area contributed by atoms with E-state index in [2.05, 4.69) is 39.5 Å². The molecule has 0 fully saturated rings. The molecular weight excluding hydrogens is 338 g/mol. The molecular formula is C19H24ClN3O2. The van der Waals surface area contributed by atoms with Gasteiger partial charge in [-0.25, -0.2) is 4.98 Å². The summed E-state index contributed by atoms with van der Waals surface area (Å²) in [6, 6.07) is 11.7. The lowest BCUT2D eigenvalue weighted by atomic mass is 10.1. The van der Waals surface area contributed by atoms with Crippen molar-refractivity contribution in [3.63, 3.8) is 0 Å². The van der Waals surface area contributed by atoms with Crippen LogP contribution in [0.5, 0.6) is 5.88 Å². The van der Waals surface area contributed by atoms with Gasteiger partial charge in [0.1, 0.15) is 0 Å². The second-order valence-electron chi connectivity index (χ2n) is 5.83. The molecule has 0 unspecified atom stereocenters. The van der Waals surface area contributed by atoms with Gasteiger partial charge in [0.05, 0.1) is 11.6 Å². The van der Waals surface area contributed by atoms with Crippen molar-refractivity contribution in [1.29, 1.82) is 0 Å². The Morgan fingerprint density at radius 3 is 2.56 bits per heavy atom. The molecule has 5 nitrogen and oxygen atoms in total. The molecule has 0 aliphatic carbocycles. The Balaban J connectivity index is 1.83. The second kappa shape index (κ2) is 9.28. The van der Waals surface area contributed by atoms with Crippen molar-refractivity contribution in [3.8, 4) is 5.88 Å². The van der Waals surface area contributed by atoms with Crippen molar-refractivity contribution >= 4 is 23.2 Å². The van der Waals surface area contributed by atoms with Gasteiger partial charge in [-0.3, -0.25) is 4.79 Å². The lowest BCUT2D eigenvalue weighted by Gasteiger charge is -2.12. The average Bonchev–Trinajstić information content (AvgIpc) is 2.60. The van der Waals surface area contributed by atoms with Gasteiger partial charge in [0, 0.05) is 32.4 Å². The average molecular weight is 362 g/mol. The van der Waals surface area contributed by atoms with Gasteiger partial charge in [-0.05, 0) is 43.5 Å². The highest BCUT2D eigenvalue weighted by Gasteiger charge is 2.13. The number of hydrogen-bond donors (Lipinski definition) is 1. The van der Waals surface area contributed by atoms with Crippen LogP contribution < -0.4 is 15.0 Å². The predicted octanol–water partition coefficient (Wildman–Crippen LogP) is 3.56. The number of anilines is 1. The summed E-state index contributed by atoms with van der Waals surface area (Å²) in [5.74, 6) is 0.118. The number of rotatable bonds is 8. The molecule has 2 rings (SSSR count). The molecule has 0 aliphatic rings. The number of amides is 1. The molecule has 0 bridgehead atoms. The van der Waals surface area contributed by atoms with E-state index < -0.39 is 0 Å². The van der Waals surface area contributed by atoms with E-state index in [-0.39, 0.29) is 11.6 Å². The molecule has 0 saturated heterocycles. The molecule has 0 saturated carbocycles. The molecule has 25 heavy (non-hydrogen) atoms. The molecule has 0 radical (unpaired) electrons. The first-order chi connectivity index (χ1) is 12.0. The fraction of sp³-hybridized carbons (Fsp3) is 0.368. The summed E-state index contributed by atoms with van der Waals surface area (Å²) in [5.41, 5.74) is 2.62. The van der Waals surface area contributed by atoms with Crippen LogP contribution in [0.1, 0.15) is 29.4 Å². The van der Waals surface area contributed by atoms with E-state index in [1.165, 1.54) is 11.3 Å². The van der Waals surface area contributed by atoms with Gasteiger partial charge >= 0.3 is 0 Å². The standard InChI is InChI=1S/C19H24ClN3O2/c1-4-25-17-12-11-16(20)18(22-17)19(24)21-13-5-6-14-7-9-15(10-8-14)23(2)3/h7-12H,4-6,13H2,1-3H3,(H,21,24). The van der Waals surface area contributed by atoms with Gasteiger partial charge in [-0.15, -0.1) is 0 Å². The van der Waals surface area contributed by atoms with Crippen molar-refractivity contribution in [3.05, 3.63) is 52.7 Å². The number of nitrogens with one attached hydrogen (secondary N) is 1. The molecule has 0 atom stereocenters. The highest BCUT2D eigenvalue weighted by molar-refractivity contribution is 6.33. The van der Waals surface area contributed by atoms with Crippen LogP contribution in [-0.4, -0.2) is 38.1 Å². The highest BCUT2D eigenvalue weighted by atomic mass is 35.5. The molecule has 6 heteroatoms. The van der Waals surface area contributed by atoms with E-state index in [0.717, 1.165) is 12.8 Å². The zero-order valence-electron chi connectivity index (χ0n) is 14.9. The van der Waals surface area contributed by atoms with E-state index in [4.69, 9.17) is 16.3 Å². The molecule has 0 spiro atoms. The quantitative estimate of drug-likeness (QED) is 0.730. The Morgan fingerprint density at radius 1 is 1.20 bits per heavy atom. The molecule has 1 N–H and O–H groups in total. The number of hydrogen-bond acceptors (Lipinski definition) is 4. The minimum absolute atomic E-state index is 0.197. The monoisotopic (exact) mass is 361 g/mol. The van der Waals surface area contributed by atoms with E-state index in [1.54, 1.807) is 12.1 Å². The van der Waals surface area contributed by atoms with Crippen LogP contribution in [0.25, 0.3) is 0 Å². The zero-order chi connectivity index (χ0) is 18.2. The molecule has 2 aromatic rings. The Hall–Kier alpha value is -2.27. The largest absolute Gasteiger partial charge is 0.478 e. The number of ether oxygens (including phenoxy) is 1. The van der Waals surface area contributed by atoms with Gasteiger partial charge in [-0.2, -0.15) is 0 Å². The van der Waals surface area contributed by atoms with E-state index in [9.17, 15) is 4.79 Å². The van der Waals surface area contributed by atoms with Crippen LogP contribution in [0.3, 0.4) is 0 Å². The van der Waals surface area contributed by atoms with E-state index in [1.807, 2.05) is 21.0 Å². The summed E-state index contributed by atoms with van der Waals surface area (Å²) in [6.45, 7) is 2.91. The SMILES string of the molecule is CCOc1ccc(Cl)c(C(=O)NCCCc2ccc(N(C)C)cc2)n1. The maximum Gasteiger partial charge on any atom is 0.271 e. The van der Waals surface area contributed by atoms with E-state index in [0.29, 0.717) is 24.1 Å². The second-order valence-corrected chi connectivity index (χ2v) is 6.24. The van der Waals surface area contributed by atoms with Crippen LogP contribution in [0.15, 0.2) is 36.4 Å². The highest BCUT2D eigenvalue weighted by Crippen LogP contribution is 2.18. The van der Waals surface area contributed by atoms with Crippen molar-refractivity contribution in [2.45, 2.75) is 19.8 Å². The molecule has 1 heterocycles. The summed E-state index contributed by atoms with van der Waals surface area (Å²) in [7, 11) is 4.04. The predicted molar refractivity (Wildman–Crippen MR) is 102 cm³/mol. The topological polar surface area (TPSA) is 54.5 Å². The number of aryl methyl sites for hydroxylation is 1. The lowest BCUT2D eigenvalue weighted by Crippen LogP contribution is -2.26. The summed E-state index contributed by atoms with van der Waals surface area (Å²) in [5, 5.41) is 3.18. The van der Waals surface area contributed by atoms with Crippen LogP contribution in [0.4, 0.5) is 5.69 Å². The Kier molecular flexibility index (Phi) is 7.07. The number of carbonyl (C=O) groups excluding carboxylic acids is 1. The van der Waals surface area contributed by atoms with Gasteiger partial charge in [0.15, 0.2) is 5.69 Å². The third-order valence-electron chi connectivity index (χ3n) is 3.71. The first-order valence-electron chi connectivity index (χ1n) is 8.35. The molecule has 1 aromatic carbocycles. The van der Waals surface area contributed by atoms with Crippen molar-refractivity contribution in [2.24, 2.45) is 0 Å². The number of halogens is 1. The van der Waals surface area contributed by atoms with E-state index >= 15 is 0 Å². The smallest absolute Gasteiger partial charge is 0.271 e. The number of nitrogens with zero attached hydrogens (tertiary/aromatic N) is 2. The molecule has 134 valence electrons. The minimum atomic E-state index is -0.283. The Morgan fingerprint density at radius 2 is 1.92 bits per heavy atom. The number of carbonyl (C=O) groups is 1. The Labute approximate surface area is 154 Å². The molecule has 1 aromatic heterocycles. The van der Waals surface area contributed by atoms with Gasteiger partial charge in [-0.1, -0.05) is 23.7 Å². The summed E-state index contributed by atoms with van der Waals surface area (Å²) in [6.07, 6.45) is 1.74. The lowest BCUT2D eigenvalue weighted by molar-refractivity contribution is 0.0947. The maximum absolute atomic E-state index is 12.2. The summed E-state index contributed by atoms with van der Waals surface area (Å²) in [4.78, 5) is 18.5. The summed E-state index contributed by atoms with van der Waals surface area (Å²) >= 11 is 6.06. The van der Waals surface area contributed by atoms with Crippen LogP contribution >= 0.6 is 11.6 Å². The third-order valence-corrected chi connectivity index (χ3v) is 4.01. The van der Waals surface area contributed by atoms with Gasteiger partial charge in [0.2, 0.25) is 5.88 Å². The van der Waals surface area contributed by atoms with Crippen molar-refractivity contribution in [1.82, 2.24) is 10.3 Å². The van der Waals surface area contributed by atoms with Crippen molar-refractivity contribution < 1.29 is 9.53 Å². The van der Waals surface area contributed by atoms with Crippen molar-refractivity contribution in [2.75, 3.05) is 32.1 Å². The van der Waals surface area contributed by atoms with Gasteiger partial charge < -0.3 is 15.0 Å². The fourth-order valence-electron chi connectivity index (χ4n) is 2.35. The summed E-state index contributed by atoms with van der Waals surface area (Å²) < 4.78 is 5.31. The Bertz CT molecular complexity index is 702. The first-order valence-corrected chi connectivity index (χ1v) is 8.73. The van der Waals surface area contributed by atoms with Crippen LogP contribution in [0.2, 0.25) is 5.02 Å². The normalized spacial score (nSPS) is 10.4. The first kappa shape index (κ1) is 19.1. The van der Waals surface area contributed by atoms with Crippen LogP contribution in [-0.2, 0) is 6.42 Å². The fourth-order valence-corrected chi connectivity index (χ4v) is 2.54. The number of benzene rings is 1. The minimum Gasteiger partial charge on any atom is -0.478 e. The van der Waals surface area contributed by atoms with Gasteiger partial charge in [0.25, 0.3) is 5.91 Å². The maximum atomic E-state index is 12.2. The molecule has 0 aliphatic heterocycles. The molecule has 1 amide bonds. The van der Waals surface area contributed by atoms with Crippen LogP contribution in [0, 0.1) is 0 Å².